The molecule has 7 heteroatoms. The van der Waals surface area contributed by atoms with Crippen molar-refractivity contribution in [2.45, 2.75) is 26.3 Å². The summed E-state index contributed by atoms with van der Waals surface area (Å²) in [5, 5.41) is 3.52. The van der Waals surface area contributed by atoms with Crippen molar-refractivity contribution >= 4 is 23.3 Å². The fourth-order valence-corrected chi connectivity index (χ4v) is 3.74. The molecule has 1 N–H and O–H groups in total. The first-order valence-electron chi connectivity index (χ1n) is 10.5. The number of aromatic nitrogens is 2. The molecule has 0 atom stereocenters. The lowest BCUT2D eigenvalue weighted by Gasteiger charge is -2.31. The van der Waals surface area contributed by atoms with E-state index in [0.717, 1.165) is 43.2 Å². The predicted molar refractivity (Wildman–Crippen MR) is 122 cm³/mol. The first kappa shape index (κ1) is 21.1. The molecule has 0 saturated carbocycles. The summed E-state index contributed by atoms with van der Waals surface area (Å²) in [6, 6.07) is 14.4. The van der Waals surface area contributed by atoms with Crippen molar-refractivity contribution in [1.82, 2.24) is 15.3 Å². The van der Waals surface area contributed by atoms with Crippen molar-refractivity contribution in [1.29, 1.82) is 0 Å². The molecule has 0 unspecified atom stereocenters. The first-order chi connectivity index (χ1) is 15.1. The fraction of sp³-hybridized carbons (Fsp3) is 0.292. The van der Waals surface area contributed by atoms with Gasteiger partial charge in [-0.1, -0.05) is 36.7 Å². The highest BCUT2D eigenvalue weighted by molar-refractivity contribution is 6.31. The van der Waals surface area contributed by atoms with Crippen LogP contribution in [-0.2, 0) is 6.54 Å². The van der Waals surface area contributed by atoms with E-state index >= 15 is 0 Å². The van der Waals surface area contributed by atoms with Gasteiger partial charge in [-0.25, -0.2) is 9.97 Å². The highest BCUT2D eigenvalue weighted by atomic mass is 35.5. The van der Waals surface area contributed by atoms with Crippen molar-refractivity contribution in [3.63, 3.8) is 0 Å². The highest BCUT2D eigenvalue weighted by Crippen LogP contribution is 2.30. The summed E-state index contributed by atoms with van der Waals surface area (Å²) >= 11 is 6.15. The lowest BCUT2D eigenvalue weighted by Crippen LogP contribution is -2.33. The van der Waals surface area contributed by atoms with Gasteiger partial charge in [-0.15, -0.1) is 0 Å². The number of nitrogens with one attached hydrogen (secondary N) is 1. The van der Waals surface area contributed by atoms with Crippen LogP contribution in [0.2, 0.25) is 5.02 Å². The third kappa shape index (κ3) is 5.33. The van der Waals surface area contributed by atoms with Crippen LogP contribution in [0.3, 0.4) is 0 Å². The van der Waals surface area contributed by atoms with Crippen LogP contribution in [0.25, 0.3) is 0 Å². The molecule has 0 radical (unpaired) electrons. The second-order valence-corrected chi connectivity index (χ2v) is 8.16. The van der Waals surface area contributed by atoms with Crippen LogP contribution in [0, 0.1) is 5.92 Å². The van der Waals surface area contributed by atoms with Gasteiger partial charge in [0.05, 0.1) is 0 Å². The molecule has 31 heavy (non-hydrogen) atoms. The number of anilines is 1. The third-order valence-electron chi connectivity index (χ3n) is 5.46. The molecule has 1 saturated heterocycles. The SMILES string of the molecule is CC1CCN(c2nccnc2Oc2ccc(C(=O)NCc3ccccc3Cl)cc2)CC1. The monoisotopic (exact) mass is 436 g/mol. The average molecular weight is 437 g/mol. The van der Waals surface area contributed by atoms with Gasteiger partial charge in [0.2, 0.25) is 0 Å². The number of carbonyl (C=O) groups is 1. The first-order valence-corrected chi connectivity index (χ1v) is 10.8. The minimum absolute atomic E-state index is 0.172. The largest absolute Gasteiger partial charge is 0.436 e. The van der Waals surface area contributed by atoms with E-state index in [1.165, 1.54) is 0 Å². The quantitative estimate of drug-likeness (QED) is 0.583. The van der Waals surface area contributed by atoms with Crippen LogP contribution < -0.4 is 15.0 Å². The van der Waals surface area contributed by atoms with Gasteiger partial charge in [0.15, 0.2) is 5.82 Å². The van der Waals surface area contributed by atoms with Crippen LogP contribution in [0.1, 0.15) is 35.7 Å². The molecule has 0 aliphatic carbocycles. The lowest BCUT2D eigenvalue weighted by molar-refractivity contribution is 0.0951. The Morgan fingerprint density at radius 3 is 2.55 bits per heavy atom. The van der Waals surface area contributed by atoms with Crippen molar-refractivity contribution < 1.29 is 9.53 Å². The Bertz CT molecular complexity index is 1030. The molecule has 1 aromatic heterocycles. The smallest absolute Gasteiger partial charge is 0.263 e. The van der Waals surface area contributed by atoms with E-state index in [1.54, 1.807) is 42.7 Å². The van der Waals surface area contributed by atoms with E-state index in [-0.39, 0.29) is 5.91 Å². The zero-order valence-electron chi connectivity index (χ0n) is 17.4. The number of amides is 1. The van der Waals surface area contributed by atoms with Gasteiger partial charge in [-0.2, -0.15) is 0 Å². The summed E-state index contributed by atoms with van der Waals surface area (Å²) in [4.78, 5) is 23.6. The molecule has 6 nitrogen and oxygen atoms in total. The van der Waals surface area contributed by atoms with Crippen LogP contribution in [0.15, 0.2) is 60.9 Å². The number of benzene rings is 2. The van der Waals surface area contributed by atoms with Gasteiger partial charge in [0, 0.05) is 42.6 Å². The number of carbonyl (C=O) groups excluding carboxylic acids is 1. The summed E-state index contributed by atoms with van der Waals surface area (Å²) in [6.45, 7) is 4.53. The van der Waals surface area contributed by atoms with E-state index in [2.05, 4.69) is 27.1 Å². The number of hydrogen-bond donors (Lipinski definition) is 1. The van der Waals surface area contributed by atoms with E-state index in [1.807, 2.05) is 18.2 Å². The number of piperidine rings is 1. The minimum atomic E-state index is -0.172. The molecule has 0 bridgehead atoms. The van der Waals surface area contributed by atoms with Crippen LogP contribution >= 0.6 is 11.6 Å². The maximum absolute atomic E-state index is 12.5. The lowest BCUT2D eigenvalue weighted by atomic mass is 9.99. The maximum Gasteiger partial charge on any atom is 0.263 e. The Morgan fingerprint density at radius 1 is 1.10 bits per heavy atom. The summed E-state index contributed by atoms with van der Waals surface area (Å²) in [5.41, 5.74) is 1.42. The Kier molecular flexibility index (Phi) is 6.67. The van der Waals surface area contributed by atoms with E-state index in [0.29, 0.717) is 28.8 Å². The zero-order valence-corrected chi connectivity index (χ0v) is 18.2. The van der Waals surface area contributed by atoms with Gasteiger partial charge < -0.3 is 15.0 Å². The highest BCUT2D eigenvalue weighted by Gasteiger charge is 2.21. The van der Waals surface area contributed by atoms with Crippen molar-refractivity contribution in [3.8, 4) is 11.6 Å². The molecule has 2 heterocycles. The molecule has 3 aromatic rings. The molecule has 1 amide bonds. The Balaban J connectivity index is 1.40. The average Bonchev–Trinajstić information content (AvgIpc) is 2.80. The van der Waals surface area contributed by atoms with Crippen LogP contribution in [0.4, 0.5) is 5.82 Å². The normalized spacial score (nSPS) is 14.3. The molecule has 2 aromatic carbocycles. The topological polar surface area (TPSA) is 67.3 Å². The molecule has 1 aliphatic rings. The Hall–Kier alpha value is -3.12. The standard InChI is InChI=1S/C24H25ClN4O2/c1-17-10-14-29(15-11-17)22-24(27-13-12-26-22)31-20-8-6-18(7-9-20)23(30)28-16-19-4-2-3-5-21(19)25/h2-9,12-13,17H,10-11,14-16H2,1H3,(H,28,30). The van der Waals surface area contributed by atoms with Crippen LogP contribution in [-0.4, -0.2) is 29.0 Å². The molecule has 4 rings (SSSR count). The second kappa shape index (κ2) is 9.79. The molecule has 1 aliphatic heterocycles. The molecule has 0 spiro atoms. The summed E-state index contributed by atoms with van der Waals surface area (Å²) in [6.07, 6.45) is 5.58. The number of ether oxygens (including phenoxy) is 1. The summed E-state index contributed by atoms with van der Waals surface area (Å²) in [7, 11) is 0. The van der Waals surface area contributed by atoms with Crippen molar-refractivity contribution in [2.24, 2.45) is 5.92 Å². The number of hydrogen-bond acceptors (Lipinski definition) is 5. The predicted octanol–water partition coefficient (Wildman–Crippen LogP) is 5.09. The minimum Gasteiger partial charge on any atom is -0.436 e. The number of halogens is 1. The van der Waals surface area contributed by atoms with E-state index in [4.69, 9.17) is 16.3 Å². The van der Waals surface area contributed by atoms with Crippen LogP contribution in [0.5, 0.6) is 11.6 Å². The maximum atomic E-state index is 12.5. The van der Waals surface area contributed by atoms with Crippen molar-refractivity contribution in [3.05, 3.63) is 77.1 Å². The zero-order chi connectivity index (χ0) is 21.6. The van der Waals surface area contributed by atoms with E-state index < -0.39 is 0 Å². The molecule has 160 valence electrons. The molecular weight excluding hydrogens is 412 g/mol. The number of nitrogens with zero attached hydrogens (tertiary/aromatic N) is 3. The summed E-state index contributed by atoms with van der Waals surface area (Å²) in [5.74, 6) is 2.40. The van der Waals surface area contributed by atoms with Gasteiger partial charge in [0.25, 0.3) is 11.8 Å². The third-order valence-corrected chi connectivity index (χ3v) is 5.83. The Morgan fingerprint density at radius 2 is 1.81 bits per heavy atom. The van der Waals surface area contributed by atoms with Gasteiger partial charge in [-0.05, 0) is 54.7 Å². The number of rotatable bonds is 6. The molecular formula is C24H25ClN4O2. The molecule has 1 fully saturated rings. The van der Waals surface area contributed by atoms with Gasteiger partial charge in [0.1, 0.15) is 5.75 Å². The van der Waals surface area contributed by atoms with E-state index in [9.17, 15) is 4.79 Å². The van der Waals surface area contributed by atoms with Gasteiger partial charge >= 0.3 is 0 Å². The second-order valence-electron chi connectivity index (χ2n) is 7.76. The van der Waals surface area contributed by atoms with Gasteiger partial charge in [-0.3, -0.25) is 4.79 Å². The van der Waals surface area contributed by atoms with Crippen molar-refractivity contribution in [2.75, 3.05) is 18.0 Å². The Labute approximate surface area is 187 Å². The fourth-order valence-electron chi connectivity index (χ4n) is 3.53. The summed E-state index contributed by atoms with van der Waals surface area (Å²) < 4.78 is 6.00.